The van der Waals surface area contributed by atoms with Gasteiger partial charge in [-0.2, -0.15) is 5.26 Å². The van der Waals surface area contributed by atoms with Gasteiger partial charge in [-0.15, -0.1) is 22.7 Å². The number of fused-ring (bicyclic) bond motifs is 2. The van der Waals surface area contributed by atoms with E-state index in [9.17, 15) is 0 Å². The van der Waals surface area contributed by atoms with Crippen LogP contribution in [0.4, 0.5) is 5.00 Å². The highest BCUT2D eigenvalue weighted by molar-refractivity contribution is 7.22. The fourth-order valence-corrected chi connectivity index (χ4v) is 5.96. The molecule has 0 fully saturated rings. The van der Waals surface area contributed by atoms with Gasteiger partial charge in [0, 0.05) is 11.1 Å². The van der Waals surface area contributed by atoms with E-state index in [2.05, 4.69) is 24.3 Å². The molecule has 2 aromatic heterocycles. The van der Waals surface area contributed by atoms with Crippen LogP contribution in [-0.4, -0.2) is 11.2 Å². The molecule has 0 radical (unpaired) electrons. The van der Waals surface area contributed by atoms with Crippen LogP contribution in [0.25, 0.3) is 20.8 Å². The molecule has 0 unspecified atom stereocenters. The molecule has 136 valence electrons. The summed E-state index contributed by atoms with van der Waals surface area (Å²) in [7, 11) is 0. The lowest BCUT2D eigenvalue weighted by molar-refractivity contribution is 0.698. The van der Waals surface area contributed by atoms with Crippen LogP contribution < -0.4 is 0 Å². The molecule has 1 aliphatic rings. The first-order chi connectivity index (χ1) is 13.8. The van der Waals surface area contributed by atoms with Crippen LogP contribution in [0, 0.1) is 11.3 Å². The summed E-state index contributed by atoms with van der Waals surface area (Å²) in [6, 6.07) is 18.0. The summed E-state index contributed by atoms with van der Waals surface area (Å²) in [6.45, 7) is 0. The van der Waals surface area contributed by atoms with Gasteiger partial charge >= 0.3 is 0 Å². The topological polar surface area (TPSA) is 49.0 Å². The molecule has 0 spiro atoms. The first-order valence-corrected chi connectivity index (χ1v) is 11.0. The Kier molecular flexibility index (Phi) is 4.52. The molecule has 0 saturated carbocycles. The summed E-state index contributed by atoms with van der Waals surface area (Å²) in [4.78, 5) is 11.2. The number of hydrogen-bond acceptors (Lipinski definition) is 5. The smallest absolute Gasteiger partial charge is 0.127 e. The van der Waals surface area contributed by atoms with Gasteiger partial charge in [-0.1, -0.05) is 24.3 Å². The maximum Gasteiger partial charge on any atom is 0.127 e. The number of thiophene rings is 1. The van der Waals surface area contributed by atoms with E-state index in [4.69, 9.17) is 15.2 Å². The average Bonchev–Trinajstić information content (AvgIpc) is 3.33. The van der Waals surface area contributed by atoms with E-state index in [0.29, 0.717) is 5.56 Å². The van der Waals surface area contributed by atoms with Crippen molar-refractivity contribution in [2.75, 3.05) is 0 Å². The van der Waals surface area contributed by atoms with Crippen molar-refractivity contribution in [3.05, 3.63) is 70.1 Å². The van der Waals surface area contributed by atoms with E-state index >= 15 is 0 Å². The van der Waals surface area contributed by atoms with Crippen LogP contribution in [-0.2, 0) is 12.8 Å². The highest BCUT2D eigenvalue weighted by Gasteiger charge is 2.23. The molecule has 1 aliphatic carbocycles. The van der Waals surface area contributed by atoms with Gasteiger partial charge in [-0.05, 0) is 61.1 Å². The highest BCUT2D eigenvalue weighted by Crippen LogP contribution is 2.47. The fraction of sp³-hybridized carbons (Fsp3) is 0.174. The molecule has 0 atom stereocenters. The minimum atomic E-state index is 0.666. The number of rotatable bonds is 3. The van der Waals surface area contributed by atoms with Crippen molar-refractivity contribution in [3.63, 3.8) is 0 Å². The summed E-state index contributed by atoms with van der Waals surface area (Å²) in [5.74, 6) is 0. The average molecular weight is 400 g/mol. The zero-order chi connectivity index (χ0) is 18.9. The number of hydrogen-bond donors (Lipinski definition) is 0. The number of nitriles is 1. The Labute approximate surface area is 171 Å². The summed E-state index contributed by atoms with van der Waals surface area (Å²) >= 11 is 3.56. The number of thiazole rings is 1. The van der Waals surface area contributed by atoms with E-state index < -0.39 is 0 Å². The van der Waals surface area contributed by atoms with Crippen molar-refractivity contribution in [2.24, 2.45) is 4.99 Å². The van der Waals surface area contributed by atoms with Crippen molar-refractivity contribution < 1.29 is 0 Å². The van der Waals surface area contributed by atoms with Crippen LogP contribution >= 0.6 is 22.7 Å². The molecule has 28 heavy (non-hydrogen) atoms. The summed E-state index contributed by atoms with van der Waals surface area (Å²) in [5, 5.41) is 11.1. The predicted octanol–water partition coefficient (Wildman–Crippen LogP) is 6.53. The molecular weight excluding hydrogens is 382 g/mol. The lowest BCUT2D eigenvalue weighted by Gasteiger charge is -2.11. The van der Waals surface area contributed by atoms with Gasteiger partial charge in [0.1, 0.15) is 10.0 Å². The van der Waals surface area contributed by atoms with Gasteiger partial charge in [0.2, 0.25) is 0 Å². The number of nitrogens with zero attached hydrogens (tertiary/aromatic N) is 3. The Hall–Kier alpha value is -2.81. The fourth-order valence-electron chi connectivity index (χ4n) is 3.62. The van der Waals surface area contributed by atoms with Crippen molar-refractivity contribution in [1.82, 2.24) is 4.98 Å². The Morgan fingerprint density at radius 3 is 2.64 bits per heavy atom. The number of benzene rings is 2. The molecule has 2 heterocycles. The second-order valence-corrected chi connectivity index (χ2v) is 8.98. The molecular formula is C23H17N3S2. The first-order valence-electron chi connectivity index (χ1n) is 9.36. The summed E-state index contributed by atoms with van der Waals surface area (Å²) in [5.41, 5.74) is 5.40. The molecule has 0 aliphatic heterocycles. The van der Waals surface area contributed by atoms with E-state index in [1.165, 1.54) is 33.5 Å². The molecule has 3 nitrogen and oxygen atoms in total. The third-order valence-corrected chi connectivity index (χ3v) is 7.28. The van der Waals surface area contributed by atoms with Crippen molar-refractivity contribution >= 4 is 44.1 Å². The van der Waals surface area contributed by atoms with Gasteiger partial charge in [0.25, 0.3) is 0 Å². The van der Waals surface area contributed by atoms with Crippen LogP contribution in [0.15, 0.2) is 53.5 Å². The minimum absolute atomic E-state index is 0.666. The van der Waals surface area contributed by atoms with Gasteiger partial charge < -0.3 is 0 Å². The summed E-state index contributed by atoms with van der Waals surface area (Å²) in [6.07, 6.45) is 6.65. The third kappa shape index (κ3) is 3.15. The molecule has 5 rings (SSSR count). The van der Waals surface area contributed by atoms with Crippen LogP contribution in [0.5, 0.6) is 0 Å². The molecule has 5 heteroatoms. The normalized spacial score (nSPS) is 13.7. The quantitative estimate of drug-likeness (QED) is 0.368. The van der Waals surface area contributed by atoms with E-state index in [0.717, 1.165) is 33.9 Å². The van der Waals surface area contributed by atoms with Gasteiger partial charge in [-0.25, -0.2) is 9.98 Å². The Morgan fingerprint density at radius 2 is 1.82 bits per heavy atom. The molecule has 0 amide bonds. The number of aryl methyl sites for hydroxylation is 1. The summed E-state index contributed by atoms with van der Waals surface area (Å²) < 4.78 is 1.22. The van der Waals surface area contributed by atoms with E-state index in [1.807, 2.05) is 47.9 Å². The maximum absolute atomic E-state index is 8.96. The number of aromatic nitrogens is 1. The Balaban J connectivity index is 1.60. The lowest BCUT2D eigenvalue weighted by atomic mass is 9.96. The standard InChI is InChI=1S/C23H17N3S2/c24-13-15-9-11-16(12-10-15)14-25-22-21(17-5-1-3-7-19(17)27-22)23-26-18-6-2-4-8-20(18)28-23/h2,4,6,8-12,14H,1,3,5,7H2/b25-14+. The largest absolute Gasteiger partial charge is 0.245 e. The highest BCUT2D eigenvalue weighted by atomic mass is 32.1. The van der Waals surface area contributed by atoms with Crippen molar-refractivity contribution in [3.8, 4) is 16.6 Å². The molecule has 0 bridgehead atoms. The SMILES string of the molecule is N#Cc1ccc(/C=N/c2sc3c(c2-c2nc4ccccc4s2)CCCC3)cc1. The first kappa shape index (κ1) is 17.3. The second-order valence-electron chi connectivity index (χ2n) is 6.87. The van der Waals surface area contributed by atoms with Crippen LogP contribution in [0.2, 0.25) is 0 Å². The molecule has 2 aromatic carbocycles. The van der Waals surface area contributed by atoms with E-state index in [1.54, 1.807) is 11.3 Å². The number of para-hydroxylation sites is 1. The minimum Gasteiger partial charge on any atom is -0.245 e. The second kappa shape index (κ2) is 7.31. The zero-order valence-corrected chi connectivity index (χ0v) is 16.8. The molecule has 0 saturated heterocycles. The number of aliphatic imine (C=N–C) groups is 1. The van der Waals surface area contributed by atoms with Crippen molar-refractivity contribution in [2.45, 2.75) is 25.7 Å². The Morgan fingerprint density at radius 1 is 1.00 bits per heavy atom. The monoisotopic (exact) mass is 399 g/mol. The predicted molar refractivity (Wildman–Crippen MR) is 118 cm³/mol. The maximum atomic E-state index is 8.96. The van der Waals surface area contributed by atoms with E-state index in [-0.39, 0.29) is 0 Å². The lowest BCUT2D eigenvalue weighted by Crippen LogP contribution is -1.99. The van der Waals surface area contributed by atoms with Crippen molar-refractivity contribution in [1.29, 1.82) is 5.26 Å². The van der Waals surface area contributed by atoms with Crippen LogP contribution in [0.1, 0.15) is 34.4 Å². The van der Waals surface area contributed by atoms with Crippen LogP contribution in [0.3, 0.4) is 0 Å². The zero-order valence-electron chi connectivity index (χ0n) is 15.2. The van der Waals surface area contributed by atoms with Gasteiger partial charge in [0.05, 0.1) is 27.4 Å². The third-order valence-electron chi connectivity index (χ3n) is 5.03. The molecule has 0 N–H and O–H groups in total. The van der Waals surface area contributed by atoms with Gasteiger partial charge in [-0.3, -0.25) is 0 Å². The van der Waals surface area contributed by atoms with Gasteiger partial charge in [0.15, 0.2) is 0 Å². The Bertz CT molecular complexity index is 1190. The molecule has 4 aromatic rings.